The van der Waals surface area contributed by atoms with Crippen molar-refractivity contribution >= 4 is 0 Å². The number of hydrogen-bond donors (Lipinski definition) is 1. The number of hydrogen-bond acceptors (Lipinski definition) is 2. The number of nitrogens with zero attached hydrogens (tertiary/aromatic N) is 1. The molecule has 0 aromatic rings. The van der Waals surface area contributed by atoms with Crippen LogP contribution in [0.4, 0.5) is 0 Å². The molecule has 0 radical (unpaired) electrons. The Kier molecular flexibility index (Phi) is 2.17. The molecule has 2 nitrogen and oxygen atoms in total. The maximum absolute atomic E-state index is 4.15. The van der Waals surface area contributed by atoms with Crippen molar-refractivity contribution in [2.24, 2.45) is 5.92 Å². The summed E-state index contributed by atoms with van der Waals surface area (Å²) in [5, 5.41) is 3.34. The molecule has 12 heavy (non-hydrogen) atoms. The second-order valence-corrected chi connectivity index (χ2v) is 3.50. The third kappa shape index (κ3) is 1.39. The van der Waals surface area contributed by atoms with Crippen molar-refractivity contribution in [1.29, 1.82) is 0 Å². The Morgan fingerprint density at radius 1 is 1.42 bits per heavy atom. The van der Waals surface area contributed by atoms with E-state index in [-0.39, 0.29) is 0 Å². The summed E-state index contributed by atoms with van der Waals surface area (Å²) in [6.45, 7) is 8.62. The molecule has 1 fully saturated rings. The maximum atomic E-state index is 4.15. The van der Waals surface area contributed by atoms with Crippen molar-refractivity contribution < 1.29 is 0 Å². The summed E-state index contributed by atoms with van der Waals surface area (Å²) in [5.41, 5.74) is 1.32. The van der Waals surface area contributed by atoms with Gasteiger partial charge in [-0.25, -0.2) is 0 Å². The minimum absolute atomic E-state index is 0.642. The zero-order chi connectivity index (χ0) is 8.39. The van der Waals surface area contributed by atoms with Gasteiger partial charge in [0.2, 0.25) is 0 Å². The average Bonchev–Trinajstić information content (AvgIpc) is 2.03. The molecule has 0 bridgehead atoms. The van der Waals surface area contributed by atoms with Crippen molar-refractivity contribution in [2.75, 3.05) is 26.2 Å². The molecule has 2 aliphatic rings. The molecule has 0 aromatic heterocycles. The van der Waals surface area contributed by atoms with E-state index in [1.54, 1.807) is 0 Å². The predicted octanol–water partition coefficient (Wildman–Crippen LogP) is 0.981. The molecule has 66 valence electrons. The monoisotopic (exact) mass is 164 g/mol. The molecule has 0 saturated carbocycles. The molecule has 1 aliphatic carbocycles. The Morgan fingerprint density at radius 3 is 2.58 bits per heavy atom. The van der Waals surface area contributed by atoms with Crippen molar-refractivity contribution in [3.05, 3.63) is 24.4 Å². The quantitative estimate of drug-likeness (QED) is 0.612. The second kappa shape index (κ2) is 3.31. The van der Waals surface area contributed by atoms with Gasteiger partial charge in [0.25, 0.3) is 0 Å². The number of rotatable bonds is 2. The van der Waals surface area contributed by atoms with Gasteiger partial charge in [0.15, 0.2) is 0 Å². The third-order valence-electron chi connectivity index (χ3n) is 2.71. The summed E-state index contributed by atoms with van der Waals surface area (Å²) in [4.78, 5) is 2.41. The lowest BCUT2D eigenvalue weighted by Gasteiger charge is -2.35. The van der Waals surface area contributed by atoms with Crippen LogP contribution in [0.1, 0.15) is 6.42 Å². The number of piperazine rings is 1. The van der Waals surface area contributed by atoms with Gasteiger partial charge in [-0.15, -0.1) is 0 Å². The van der Waals surface area contributed by atoms with E-state index in [0.29, 0.717) is 5.92 Å². The lowest BCUT2D eigenvalue weighted by molar-refractivity contribution is 0.275. The normalized spacial score (nSPS) is 28.3. The first-order chi connectivity index (χ1) is 5.88. The van der Waals surface area contributed by atoms with Crippen LogP contribution in [0.5, 0.6) is 0 Å². The van der Waals surface area contributed by atoms with E-state index in [1.165, 1.54) is 12.1 Å². The molecular formula is C10H16N2. The van der Waals surface area contributed by atoms with Crippen LogP contribution in [0, 0.1) is 5.92 Å². The van der Waals surface area contributed by atoms with Gasteiger partial charge in [0.05, 0.1) is 0 Å². The van der Waals surface area contributed by atoms with Crippen LogP contribution in [0.25, 0.3) is 0 Å². The van der Waals surface area contributed by atoms with E-state index < -0.39 is 0 Å². The highest BCUT2D eigenvalue weighted by Gasteiger charge is 2.20. The largest absolute Gasteiger partial charge is 0.372 e. The fraction of sp³-hybridized carbons (Fsp3) is 0.600. The third-order valence-corrected chi connectivity index (χ3v) is 2.71. The Morgan fingerprint density at radius 2 is 2.08 bits per heavy atom. The van der Waals surface area contributed by atoms with Crippen LogP contribution in [-0.2, 0) is 0 Å². The van der Waals surface area contributed by atoms with Crippen molar-refractivity contribution in [3.63, 3.8) is 0 Å². The van der Waals surface area contributed by atoms with Gasteiger partial charge in [-0.2, -0.15) is 0 Å². The summed E-state index contributed by atoms with van der Waals surface area (Å²) < 4.78 is 0. The average molecular weight is 164 g/mol. The Balaban J connectivity index is 1.89. The van der Waals surface area contributed by atoms with Crippen LogP contribution in [-0.4, -0.2) is 31.1 Å². The highest BCUT2D eigenvalue weighted by atomic mass is 15.2. The first-order valence-corrected chi connectivity index (χ1v) is 4.69. The zero-order valence-corrected chi connectivity index (χ0v) is 7.42. The summed E-state index contributed by atoms with van der Waals surface area (Å²) >= 11 is 0. The smallest absolute Gasteiger partial charge is 0.0300 e. The lowest BCUT2D eigenvalue weighted by atomic mass is 9.91. The van der Waals surface area contributed by atoms with Gasteiger partial charge >= 0.3 is 0 Å². The van der Waals surface area contributed by atoms with E-state index in [1.807, 2.05) is 0 Å². The molecule has 2 heteroatoms. The zero-order valence-electron chi connectivity index (χ0n) is 7.42. The van der Waals surface area contributed by atoms with Gasteiger partial charge in [-0.1, -0.05) is 18.7 Å². The van der Waals surface area contributed by atoms with Crippen molar-refractivity contribution in [2.45, 2.75) is 6.42 Å². The van der Waals surface area contributed by atoms with E-state index in [4.69, 9.17) is 0 Å². The minimum Gasteiger partial charge on any atom is -0.372 e. The Bertz CT molecular complexity index is 202. The van der Waals surface area contributed by atoms with Gasteiger partial charge in [-0.3, -0.25) is 0 Å². The molecule has 1 atom stereocenters. The standard InChI is InChI=1S/C10H16N2/c1-9(10-3-2-4-10)12-7-5-11-6-8-12/h2-3,10-11H,1,4-8H2/t10-/m1/s1. The highest BCUT2D eigenvalue weighted by Crippen LogP contribution is 2.26. The number of allylic oxidation sites excluding steroid dienone is 2. The minimum atomic E-state index is 0.642. The van der Waals surface area contributed by atoms with Gasteiger partial charge in [0, 0.05) is 37.8 Å². The molecule has 0 aromatic carbocycles. The molecule has 1 heterocycles. The fourth-order valence-corrected chi connectivity index (χ4v) is 1.71. The maximum Gasteiger partial charge on any atom is 0.0300 e. The second-order valence-electron chi connectivity index (χ2n) is 3.50. The van der Waals surface area contributed by atoms with Crippen LogP contribution in [0.2, 0.25) is 0 Å². The summed E-state index contributed by atoms with van der Waals surface area (Å²) in [7, 11) is 0. The van der Waals surface area contributed by atoms with Gasteiger partial charge < -0.3 is 10.2 Å². The Hall–Kier alpha value is -0.760. The molecular weight excluding hydrogens is 148 g/mol. The topological polar surface area (TPSA) is 15.3 Å². The fourth-order valence-electron chi connectivity index (χ4n) is 1.71. The molecule has 0 spiro atoms. The van der Waals surface area contributed by atoms with Crippen LogP contribution in [0.3, 0.4) is 0 Å². The summed E-state index contributed by atoms with van der Waals surface area (Å²) in [6.07, 6.45) is 5.67. The molecule has 2 rings (SSSR count). The van der Waals surface area contributed by atoms with E-state index in [2.05, 4.69) is 28.9 Å². The van der Waals surface area contributed by atoms with Crippen molar-refractivity contribution in [3.8, 4) is 0 Å². The van der Waals surface area contributed by atoms with Gasteiger partial charge in [-0.05, 0) is 6.42 Å². The molecule has 0 unspecified atom stereocenters. The Labute approximate surface area is 73.9 Å². The van der Waals surface area contributed by atoms with E-state index >= 15 is 0 Å². The van der Waals surface area contributed by atoms with Crippen molar-refractivity contribution in [1.82, 2.24) is 10.2 Å². The van der Waals surface area contributed by atoms with Crippen LogP contribution in [0.15, 0.2) is 24.4 Å². The van der Waals surface area contributed by atoms with Crippen LogP contribution < -0.4 is 5.32 Å². The predicted molar refractivity (Wildman–Crippen MR) is 50.8 cm³/mol. The molecule has 0 amide bonds. The van der Waals surface area contributed by atoms with Gasteiger partial charge in [0.1, 0.15) is 0 Å². The SMILES string of the molecule is C=C([C@@H]1C=CC1)N1CCNCC1. The number of nitrogens with one attached hydrogen (secondary N) is 1. The van der Waals surface area contributed by atoms with Crippen LogP contribution >= 0.6 is 0 Å². The molecule has 1 saturated heterocycles. The summed E-state index contributed by atoms with van der Waals surface area (Å²) in [5.74, 6) is 0.642. The molecule has 1 N–H and O–H groups in total. The molecule has 1 aliphatic heterocycles. The van der Waals surface area contributed by atoms with E-state index in [0.717, 1.165) is 26.2 Å². The first kappa shape index (κ1) is 7.87. The summed E-state index contributed by atoms with van der Waals surface area (Å²) in [6, 6.07) is 0. The van der Waals surface area contributed by atoms with E-state index in [9.17, 15) is 0 Å². The first-order valence-electron chi connectivity index (χ1n) is 4.69. The highest BCUT2D eigenvalue weighted by molar-refractivity contribution is 5.17. The lowest BCUT2D eigenvalue weighted by Crippen LogP contribution is -2.44.